The van der Waals surface area contributed by atoms with Crippen LogP contribution in [-0.4, -0.2) is 46.8 Å². The zero-order chi connectivity index (χ0) is 26.5. The summed E-state index contributed by atoms with van der Waals surface area (Å²) in [6.45, 7) is 0. The fraction of sp³-hybridized carbons (Fsp3) is 0.125. The van der Waals surface area contributed by atoms with Gasteiger partial charge in [0.25, 0.3) is 11.4 Å². The maximum atomic E-state index is 12.3. The first-order chi connectivity index (χ1) is 17.7. The van der Waals surface area contributed by atoms with Crippen molar-refractivity contribution in [3.05, 3.63) is 86.5 Å². The van der Waals surface area contributed by atoms with Crippen molar-refractivity contribution in [3.8, 4) is 0 Å². The lowest BCUT2D eigenvalue weighted by atomic mass is 10.1. The first kappa shape index (κ1) is 25.7. The number of nitrogens with one attached hydrogen (secondary N) is 1. The molecule has 1 heterocycles. The average Bonchev–Trinajstić information content (AvgIpc) is 3.28. The topological polar surface area (TPSA) is 144 Å². The van der Waals surface area contributed by atoms with Crippen molar-refractivity contribution in [3.63, 3.8) is 0 Å². The molecule has 11 nitrogen and oxygen atoms in total. The zero-order valence-electron chi connectivity index (χ0n) is 19.7. The summed E-state index contributed by atoms with van der Waals surface area (Å²) < 4.78 is 1.57. The summed E-state index contributed by atoms with van der Waals surface area (Å²) in [5.41, 5.74) is 2.80. The van der Waals surface area contributed by atoms with E-state index >= 15 is 0 Å². The van der Waals surface area contributed by atoms with Crippen LogP contribution in [0.25, 0.3) is 10.2 Å². The lowest BCUT2D eigenvalue weighted by molar-refractivity contribution is -0.384. The highest BCUT2D eigenvalue weighted by Gasteiger charge is 2.16. The van der Waals surface area contributed by atoms with E-state index in [1.165, 1.54) is 47.4 Å². The minimum atomic E-state index is -0.519. The molecule has 1 aromatic heterocycles. The van der Waals surface area contributed by atoms with Crippen molar-refractivity contribution < 1.29 is 14.6 Å². The van der Waals surface area contributed by atoms with Gasteiger partial charge in [0.05, 0.1) is 31.5 Å². The number of carbonyl (C=O) groups is 1. The Balaban J connectivity index is 1.42. The number of nitro benzene ring substituents is 2. The zero-order valence-corrected chi connectivity index (χ0v) is 21.3. The Bertz CT molecular complexity index is 1540. The van der Waals surface area contributed by atoms with E-state index in [2.05, 4.69) is 15.3 Å². The largest absolute Gasteiger partial charge is 0.372 e. The number of fused-ring (bicyclic) bond motifs is 1. The van der Waals surface area contributed by atoms with Crippen LogP contribution in [0.2, 0.25) is 0 Å². The Labute approximate surface area is 219 Å². The molecule has 0 spiro atoms. The highest BCUT2D eigenvalue weighted by Crippen LogP contribution is 2.32. The SMILES string of the molecule is CN(C)c1ccc(C=Nc2ccc3nc(SCC(=O)Nc4cccc([N+](=O)[O-])c4)sc3c2)cc1[N+](=O)[O-]. The van der Waals surface area contributed by atoms with E-state index in [0.29, 0.717) is 27.0 Å². The molecule has 0 aliphatic rings. The summed E-state index contributed by atoms with van der Waals surface area (Å²) in [6.07, 6.45) is 1.57. The molecule has 0 aliphatic heterocycles. The van der Waals surface area contributed by atoms with Crippen molar-refractivity contribution in [1.82, 2.24) is 4.98 Å². The van der Waals surface area contributed by atoms with Gasteiger partial charge in [-0.3, -0.25) is 30.0 Å². The second kappa shape index (κ2) is 11.1. The van der Waals surface area contributed by atoms with E-state index < -0.39 is 9.85 Å². The number of carbonyl (C=O) groups excluding carboxylic acids is 1. The van der Waals surface area contributed by atoms with Gasteiger partial charge in [0.2, 0.25) is 5.91 Å². The van der Waals surface area contributed by atoms with Gasteiger partial charge >= 0.3 is 0 Å². The Morgan fingerprint density at radius 1 is 1.11 bits per heavy atom. The van der Waals surface area contributed by atoms with E-state index in [1.807, 2.05) is 12.1 Å². The second-order valence-electron chi connectivity index (χ2n) is 7.93. The quantitative estimate of drug-likeness (QED) is 0.125. The minimum Gasteiger partial charge on any atom is -0.372 e. The van der Waals surface area contributed by atoms with Crippen LogP contribution < -0.4 is 10.2 Å². The smallest absolute Gasteiger partial charge is 0.293 e. The van der Waals surface area contributed by atoms with Gasteiger partial charge < -0.3 is 10.2 Å². The number of hydrogen-bond donors (Lipinski definition) is 1. The predicted octanol–water partition coefficient (Wildman–Crippen LogP) is 5.66. The monoisotopic (exact) mass is 536 g/mol. The Morgan fingerprint density at radius 2 is 1.92 bits per heavy atom. The molecule has 13 heteroatoms. The summed E-state index contributed by atoms with van der Waals surface area (Å²) in [5.74, 6) is -0.209. The number of aromatic nitrogens is 1. The van der Waals surface area contributed by atoms with Crippen LogP contribution in [0.15, 0.2) is 70.0 Å². The number of hydrogen-bond acceptors (Lipinski definition) is 10. The van der Waals surface area contributed by atoms with Crippen molar-refractivity contribution in [2.45, 2.75) is 4.34 Å². The molecule has 0 aliphatic carbocycles. The number of non-ortho nitro benzene ring substituents is 1. The van der Waals surface area contributed by atoms with E-state index in [0.717, 1.165) is 10.2 Å². The number of nitrogens with zero attached hydrogens (tertiary/aromatic N) is 5. The van der Waals surface area contributed by atoms with E-state index in [9.17, 15) is 25.0 Å². The predicted molar refractivity (Wildman–Crippen MR) is 147 cm³/mol. The molecule has 37 heavy (non-hydrogen) atoms. The first-order valence-electron chi connectivity index (χ1n) is 10.8. The molecule has 3 aromatic carbocycles. The Kier molecular flexibility index (Phi) is 7.74. The molecule has 4 aromatic rings. The fourth-order valence-corrected chi connectivity index (χ4v) is 5.25. The number of rotatable bonds is 9. The van der Waals surface area contributed by atoms with Gasteiger partial charge in [-0.1, -0.05) is 23.9 Å². The van der Waals surface area contributed by atoms with Crippen LogP contribution in [0.3, 0.4) is 0 Å². The first-order valence-corrected chi connectivity index (χ1v) is 12.6. The second-order valence-corrected chi connectivity index (χ2v) is 10.2. The molecule has 1 amide bonds. The summed E-state index contributed by atoms with van der Waals surface area (Å²) in [5, 5.41) is 24.9. The minimum absolute atomic E-state index is 0.00282. The van der Waals surface area contributed by atoms with Gasteiger partial charge in [0.1, 0.15) is 5.69 Å². The van der Waals surface area contributed by atoms with E-state index in [4.69, 9.17) is 0 Å². The third-order valence-corrected chi connectivity index (χ3v) is 7.22. The summed E-state index contributed by atoms with van der Waals surface area (Å²) >= 11 is 2.68. The number of amides is 1. The third kappa shape index (κ3) is 6.45. The van der Waals surface area contributed by atoms with Gasteiger partial charge in [-0.25, -0.2) is 4.98 Å². The molecule has 0 atom stereocenters. The lowest BCUT2D eigenvalue weighted by Gasteiger charge is -2.12. The van der Waals surface area contributed by atoms with E-state index in [1.54, 1.807) is 49.5 Å². The van der Waals surface area contributed by atoms with Gasteiger partial charge in [0, 0.05) is 44.2 Å². The van der Waals surface area contributed by atoms with Crippen molar-refractivity contribution in [2.75, 3.05) is 30.1 Å². The van der Waals surface area contributed by atoms with Gasteiger partial charge in [-0.15, -0.1) is 11.3 Å². The van der Waals surface area contributed by atoms with Crippen molar-refractivity contribution in [2.24, 2.45) is 4.99 Å². The maximum Gasteiger partial charge on any atom is 0.293 e. The van der Waals surface area contributed by atoms with Gasteiger partial charge in [-0.2, -0.15) is 0 Å². The standard InChI is InChI=1S/C24H20N6O5S2/c1-28(2)20-9-6-15(10-21(20)30(34)35)13-25-16-7-8-19-22(12-16)37-24(27-19)36-14-23(31)26-17-4-3-5-18(11-17)29(32)33/h3-13H,14H2,1-2H3,(H,26,31). The number of aliphatic imine (C=N–C) groups is 1. The van der Waals surface area contributed by atoms with Gasteiger partial charge in [-0.05, 0) is 35.9 Å². The molecular weight excluding hydrogens is 516 g/mol. The molecular formula is C24H20N6O5S2. The van der Waals surface area contributed by atoms with Crippen molar-refractivity contribution in [1.29, 1.82) is 0 Å². The highest BCUT2D eigenvalue weighted by molar-refractivity contribution is 8.01. The molecule has 0 fully saturated rings. The van der Waals surface area contributed by atoms with E-state index in [-0.39, 0.29) is 23.0 Å². The fourth-order valence-electron chi connectivity index (χ4n) is 3.35. The molecule has 1 N–H and O–H groups in total. The molecule has 0 unspecified atom stereocenters. The number of thioether (sulfide) groups is 1. The third-order valence-electron chi connectivity index (χ3n) is 5.06. The molecule has 0 saturated carbocycles. The molecule has 4 rings (SSSR count). The molecule has 0 bridgehead atoms. The Morgan fingerprint density at radius 3 is 2.65 bits per heavy atom. The van der Waals surface area contributed by atoms with Crippen LogP contribution in [0.5, 0.6) is 0 Å². The summed E-state index contributed by atoms with van der Waals surface area (Å²) in [7, 11) is 3.49. The van der Waals surface area contributed by atoms with Crippen LogP contribution in [0.1, 0.15) is 5.56 Å². The normalized spacial score (nSPS) is 11.1. The summed E-state index contributed by atoms with van der Waals surface area (Å²) in [4.78, 5) is 44.3. The lowest BCUT2D eigenvalue weighted by Crippen LogP contribution is -2.13. The Hall–Kier alpha value is -4.36. The van der Waals surface area contributed by atoms with Gasteiger partial charge in [0.15, 0.2) is 4.34 Å². The van der Waals surface area contributed by atoms with Crippen LogP contribution in [-0.2, 0) is 4.79 Å². The van der Waals surface area contributed by atoms with Crippen LogP contribution in [0.4, 0.5) is 28.4 Å². The number of nitro groups is 2. The molecule has 0 radical (unpaired) electrons. The highest BCUT2D eigenvalue weighted by atomic mass is 32.2. The molecule has 0 saturated heterocycles. The number of benzene rings is 3. The maximum absolute atomic E-state index is 12.3. The van der Waals surface area contributed by atoms with Crippen LogP contribution in [0, 0.1) is 20.2 Å². The van der Waals surface area contributed by atoms with Crippen molar-refractivity contribution >= 4 is 73.9 Å². The van der Waals surface area contributed by atoms with Crippen LogP contribution >= 0.6 is 23.1 Å². The molecule has 188 valence electrons. The number of anilines is 2. The summed E-state index contributed by atoms with van der Waals surface area (Å²) in [6, 6.07) is 16.2. The number of thiazole rings is 1. The average molecular weight is 537 g/mol.